The summed E-state index contributed by atoms with van der Waals surface area (Å²) in [6.07, 6.45) is 0. The van der Waals surface area contributed by atoms with Gasteiger partial charge in [-0.05, 0) is 42.8 Å². The summed E-state index contributed by atoms with van der Waals surface area (Å²) in [7, 11) is 0. The van der Waals surface area contributed by atoms with Crippen LogP contribution in [0.5, 0.6) is 0 Å². The summed E-state index contributed by atoms with van der Waals surface area (Å²) in [4.78, 5) is 14.8. The van der Waals surface area contributed by atoms with E-state index in [0.29, 0.717) is 5.56 Å². The number of aromatic nitrogens is 1. The van der Waals surface area contributed by atoms with Crippen LogP contribution in [0.2, 0.25) is 0 Å². The van der Waals surface area contributed by atoms with E-state index in [-0.39, 0.29) is 11.3 Å². The number of halogens is 3. The van der Waals surface area contributed by atoms with E-state index in [1.807, 2.05) is 0 Å². The van der Waals surface area contributed by atoms with Crippen molar-refractivity contribution >= 4 is 11.6 Å². The van der Waals surface area contributed by atoms with Gasteiger partial charge in [0.05, 0.1) is 5.69 Å². The summed E-state index contributed by atoms with van der Waals surface area (Å²) in [6.45, 7) is 1.55. The van der Waals surface area contributed by atoms with Crippen LogP contribution in [0.1, 0.15) is 15.9 Å². The lowest BCUT2D eigenvalue weighted by atomic mass is 10.1. The first-order chi connectivity index (χ1) is 8.97. The van der Waals surface area contributed by atoms with E-state index in [1.54, 1.807) is 6.92 Å². The highest BCUT2D eigenvalue weighted by molar-refractivity contribution is 6.05. The maximum Gasteiger partial charge on any atom is 0.256 e. The molecule has 0 saturated carbocycles. The summed E-state index contributed by atoms with van der Waals surface area (Å²) < 4.78 is 38.8. The monoisotopic (exact) mass is 266 g/mol. The van der Waals surface area contributed by atoms with Crippen LogP contribution in [0, 0.1) is 24.6 Å². The van der Waals surface area contributed by atoms with E-state index in [0.717, 1.165) is 18.2 Å². The van der Waals surface area contributed by atoms with Crippen LogP contribution in [0.25, 0.3) is 0 Å². The second kappa shape index (κ2) is 5.09. The highest BCUT2D eigenvalue weighted by Gasteiger charge is 2.13. The van der Waals surface area contributed by atoms with Gasteiger partial charge in [-0.2, -0.15) is 13.8 Å². The molecule has 1 heterocycles. The molecule has 1 N–H and O–H groups in total. The van der Waals surface area contributed by atoms with Gasteiger partial charge in [0.25, 0.3) is 5.91 Å². The summed E-state index contributed by atoms with van der Waals surface area (Å²) >= 11 is 0. The van der Waals surface area contributed by atoms with Gasteiger partial charge in [0, 0.05) is 5.56 Å². The third kappa shape index (κ3) is 2.90. The SMILES string of the molecule is Cc1cc(F)ccc1C(=O)Nc1ccc(F)nc1F. The summed E-state index contributed by atoms with van der Waals surface area (Å²) in [6, 6.07) is 5.59. The Morgan fingerprint density at radius 1 is 1.16 bits per heavy atom. The van der Waals surface area contributed by atoms with Crippen LogP contribution >= 0.6 is 0 Å². The topological polar surface area (TPSA) is 42.0 Å². The lowest BCUT2D eigenvalue weighted by Gasteiger charge is -2.08. The number of amides is 1. The molecule has 0 radical (unpaired) electrons. The fraction of sp³-hybridized carbons (Fsp3) is 0.0769. The van der Waals surface area contributed by atoms with Crippen molar-refractivity contribution in [3.63, 3.8) is 0 Å². The molecular weight excluding hydrogens is 257 g/mol. The maximum absolute atomic E-state index is 13.3. The zero-order valence-electron chi connectivity index (χ0n) is 9.88. The average Bonchev–Trinajstić information content (AvgIpc) is 2.32. The smallest absolute Gasteiger partial charge is 0.256 e. The number of aryl methyl sites for hydroxylation is 1. The van der Waals surface area contributed by atoms with Crippen molar-refractivity contribution < 1.29 is 18.0 Å². The second-order valence-electron chi connectivity index (χ2n) is 3.89. The van der Waals surface area contributed by atoms with Gasteiger partial charge in [-0.15, -0.1) is 0 Å². The van der Waals surface area contributed by atoms with Crippen LogP contribution in [0.3, 0.4) is 0 Å². The molecule has 0 fully saturated rings. The van der Waals surface area contributed by atoms with Crippen LogP contribution in [-0.4, -0.2) is 10.9 Å². The van der Waals surface area contributed by atoms with Gasteiger partial charge < -0.3 is 5.32 Å². The molecule has 0 atom stereocenters. The molecule has 0 spiro atoms. The van der Waals surface area contributed by atoms with Gasteiger partial charge in [0.1, 0.15) is 5.82 Å². The normalized spacial score (nSPS) is 10.3. The van der Waals surface area contributed by atoms with Gasteiger partial charge >= 0.3 is 0 Å². The van der Waals surface area contributed by atoms with Crippen molar-refractivity contribution in [2.45, 2.75) is 6.92 Å². The molecule has 0 aliphatic heterocycles. The van der Waals surface area contributed by atoms with E-state index < -0.39 is 23.6 Å². The van der Waals surface area contributed by atoms with Gasteiger partial charge in [-0.25, -0.2) is 4.39 Å². The van der Waals surface area contributed by atoms with Crippen LogP contribution < -0.4 is 5.32 Å². The Kier molecular flexibility index (Phi) is 3.50. The Balaban J connectivity index is 2.25. The average molecular weight is 266 g/mol. The first kappa shape index (κ1) is 13.1. The lowest BCUT2D eigenvalue weighted by Crippen LogP contribution is -2.15. The van der Waals surface area contributed by atoms with Gasteiger partial charge in [0.2, 0.25) is 11.9 Å². The van der Waals surface area contributed by atoms with E-state index >= 15 is 0 Å². The minimum Gasteiger partial charge on any atom is -0.318 e. The highest BCUT2D eigenvalue weighted by atomic mass is 19.1. The molecule has 19 heavy (non-hydrogen) atoms. The first-order valence-corrected chi connectivity index (χ1v) is 5.37. The molecule has 0 unspecified atom stereocenters. The highest BCUT2D eigenvalue weighted by Crippen LogP contribution is 2.15. The number of nitrogens with one attached hydrogen (secondary N) is 1. The first-order valence-electron chi connectivity index (χ1n) is 5.37. The molecular formula is C13H9F3N2O. The quantitative estimate of drug-likeness (QED) is 0.849. The number of carbonyl (C=O) groups is 1. The predicted molar refractivity (Wildman–Crippen MR) is 63.2 cm³/mol. The minimum atomic E-state index is -1.12. The molecule has 0 aliphatic carbocycles. The molecule has 6 heteroatoms. The van der Waals surface area contributed by atoms with E-state index in [2.05, 4.69) is 10.3 Å². The molecule has 1 aromatic carbocycles. The van der Waals surface area contributed by atoms with E-state index in [4.69, 9.17) is 0 Å². The van der Waals surface area contributed by atoms with Crippen molar-refractivity contribution in [3.05, 3.63) is 59.2 Å². The molecule has 2 aromatic rings. The Labute approximate surface area is 107 Å². The van der Waals surface area contributed by atoms with Crippen LogP contribution in [-0.2, 0) is 0 Å². The molecule has 0 aliphatic rings. The fourth-order valence-electron chi connectivity index (χ4n) is 1.58. The summed E-state index contributed by atoms with van der Waals surface area (Å²) in [5.41, 5.74) is 0.369. The second-order valence-corrected chi connectivity index (χ2v) is 3.89. The van der Waals surface area contributed by atoms with Crippen molar-refractivity contribution in [1.82, 2.24) is 4.98 Å². The Morgan fingerprint density at radius 3 is 2.53 bits per heavy atom. The minimum absolute atomic E-state index is 0.199. The van der Waals surface area contributed by atoms with Crippen LogP contribution in [0.15, 0.2) is 30.3 Å². The molecule has 1 amide bonds. The third-order valence-electron chi connectivity index (χ3n) is 2.50. The summed E-state index contributed by atoms with van der Waals surface area (Å²) in [5, 5.41) is 2.25. The molecule has 98 valence electrons. The molecule has 0 bridgehead atoms. The zero-order valence-corrected chi connectivity index (χ0v) is 9.88. The van der Waals surface area contributed by atoms with E-state index in [1.165, 1.54) is 12.1 Å². The zero-order chi connectivity index (χ0) is 14.0. The fourth-order valence-corrected chi connectivity index (χ4v) is 1.58. The molecule has 1 aromatic heterocycles. The summed E-state index contributed by atoms with van der Waals surface area (Å²) in [5.74, 6) is -3.19. The van der Waals surface area contributed by atoms with Gasteiger partial charge in [-0.3, -0.25) is 4.79 Å². The predicted octanol–water partition coefficient (Wildman–Crippen LogP) is 3.06. The van der Waals surface area contributed by atoms with Crippen LogP contribution in [0.4, 0.5) is 18.9 Å². The number of pyridine rings is 1. The number of carbonyl (C=O) groups excluding carboxylic acids is 1. The maximum atomic E-state index is 13.3. The van der Waals surface area contributed by atoms with Gasteiger partial charge in [-0.1, -0.05) is 0 Å². The number of hydrogen-bond acceptors (Lipinski definition) is 2. The molecule has 0 saturated heterocycles. The van der Waals surface area contributed by atoms with Crippen molar-refractivity contribution in [3.8, 4) is 0 Å². The van der Waals surface area contributed by atoms with Crippen molar-refractivity contribution in [1.29, 1.82) is 0 Å². The molecule has 2 rings (SSSR count). The Hall–Kier alpha value is -2.37. The van der Waals surface area contributed by atoms with Gasteiger partial charge in [0.15, 0.2) is 0 Å². The van der Waals surface area contributed by atoms with E-state index in [9.17, 15) is 18.0 Å². The lowest BCUT2D eigenvalue weighted by molar-refractivity contribution is 0.102. The third-order valence-corrected chi connectivity index (χ3v) is 2.50. The largest absolute Gasteiger partial charge is 0.318 e. The Morgan fingerprint density at radius 2 is 1.89 bits per heavy atom. The molecule has 3 nitrogen and oxygen atoms in total. The number of benzene rings is 1. The van der Waals surface area contributed by atoms with Crippen molar-refractivity contribution in [2.24, 2.45) is 0 Å². The number of nitrogens with zero attached hydrogens (tertiary/aromatic N) is 1. The Bertz CT molecular complexity index is 644. The standard InChI is InChI=1S/C13H9F3N2O/c1-7-6-8(14)2-3-9(7)13(19)17-10-4-5-11(15)18-12(10)16/h2-6H,1H3,(H,17,19). The number of rotatable bonds is 2. The number of hydrogen-bond donors (Lipinski definition) is 1. The number of anilines is 1. The van der Waals surface area contributed by atoms with Crippen molar-refractivity contribution in [2.75, 3.05) is 5.32 Å².